The quantitative estimate of drug-likeness (QED) is 0.571. The third-order valence-electron chi connectivity index (χ3n) is 2.69. The summed E-state index contributed by atoms with van der Waals surface area (Å²) in [7, 11) is 0. The van der Waals surface area contributed by atoms with Crippen molar-refractivity contribution in [1.29, 1.82) is 0 Å². The monoisotopic (exact) mass is 232 g/mol. The van der Waals surface area contributed by atoms with Crippen molar-refractivity contribution >= 4 is 23.5 Å². The minimum absolute atomic E-state index is 0.940. The highest BCUT2D eigenvalue weighted by Gasteiger charge is 2.13. The van der Waals surface area contributed by atoms with Crippen LogP contribution in [-0.2, 0) is 0 Å². The Morgan fingerprint density at radius 2 is 1.57 bits per heavy atom. The molecule has 0 saturated carbocycles. The van der Waals surface area contributed by atoms with Gasteiger partial charge in [-0.15, -0.1) is 23.5 Å². The zero-order valence-corrected chi connectivity index (χ0v) is 11.1. The lowest BCUT2D eigenvalue weighted by atomic mass is 10.1. The highest BCUT2D eigenvalue weighted by atomic mass is 32.2. The van der Waals surface area contributed by atoms with Crippen LogP contribution in [0, 0.1) is 0 Å². The minimum Gasteiger partial charge on any atom is -0.148 e. The second kappa shape index (κ2) is 8.96. The molecule has 1 aliphatic rings. The summed E-state index contributed by atoms with van der Waals surface area (Å²) < 4.78 is 0.940. The van der Waals surface area contributed by atoms with Gasteiger partial charge < -0.3 is 0 Å². The van der Waals surface area contributed by atoms with Crippen LogP contribution >= 0.6 is 23.5 Å². The van der Waals surface area contributed by atoms with Gasteiger partial charge in [-0.3, -0.25) is 0 Å². The molecule has 0 unspecified atom stereocenters. The molecule has 0 aromatic rings. The number of hydrogen-bond acceptors (Lipinski definition) is 2. The molecule has 0 radical (unpaired) electrons. The number of unbranched alkanes of at least 4 members (excludes halogenated alkanes) is 5. The van der Waals surface area contributed by atoms with Crippen molar-refractivity contribution in [3.05, 3.63) is 0 Å². The molecule has 0 N–H and O–H groups in total. The van der Waals surface area contributed by atoms with Crippen LogP contribution in [-0.4, -0.2) is 16.1 Å². The lowest BCUT2D eigenvalue weighted by Crippen LogP contribution is -2.06. The zero-order chi connectivity index (χ0) is 10.1. The average molecular weight is 232 g/mol. The van der Waals surface area contributed by atoms with Gasteiger partial charge in [0.1, 0.15) is 0 Å². The van der Waals surface area contributed by atoms with Crippen LogP contribution in [0.2, 0.25) is 0 Å². The topological polar surface area (TPSA) is 0 Å². The van der Waals surface area contributed by atoms with Gasteiger partial charge in [0.15, 0.2) is 0 Å². The van der Waals surface area contributed by atoms with Gasteiger partial charge in [-0.25, -0.2) is 0 Å². The number of rotatable bonds is 7. The van der Waals surface area contributed by atoms with Gasteiger partial charge in [-0.1, -0.05) is 45.4 Å². The lowest BCUT2D eigenvalue weighted by Gasteiger charge is -2.20. The molecule has 14 heavy (non-hydrogen) atoms. The van der Waals surface area contributed by atoms with Gasteiger partial charge in [0.25, 0.3) is 0 Å². The molecule has 1 saturated heterocycles. The van der Waals surface area contributed by atoms with E-state index < -0.39 is 0 Å². The summed E-state index contributed by atoms with van der Waals surface area (Å²) in [5, 5.41) is 0. The summed E-state index contributed by atoms with van der Waals surface area (Å²) in [4.78, 5) is 0. The van der Waals surface area contributed by atoms with Gasteiger partial charge in [-0.2, -0.15) is 0 Å². The van der Waals surface area contributed by atoms with E-state index >= 15 is 0 Å². The molecular formula is C12H24S2. The molecular weight excluding hydrogens is 208 g/mol. The van der Waals surface area contributed by atoms with Crippen LogP contribution in [0.15, 0.2) is 0 Å². The maximum Gasteiger partial charge on any atom is 0.0502 e. The molecule has 1 heterocycles. The molecule has 1 fully saturated rings. The van der Waals surface area contributed by atoms with E-state index in [1.807, 2.05) is 0 Å². The number of hydrogen-bond donors (Lipinski definition) is 0. The second-order valence-corrected chi connectivity index (χ2v) is 7.00. The minimum atomic E-state index is 0.940. The second-order valence-electron chi connectivity index (χ2n) is 4.08. The first kappa shape index (κ1) is 12.8. The normalized spacial score (nSPS) is 18.6. The molecule has 0 bridgehead atoms. The van der Waals surface area contributed by atoms with Crippen molar-refractivity contribution in [2.75, 3.05) is 11.5 Å². The van der Waals surface area contributed by atoms with Gasteiger partial charge in [0.05, 0.1) is 4.58 Å². The maximum absolute atomic E-state index is 2.29. The van der Waals surface area contributed by atoms with Crippen LogP contribution in [0.1, 0.15) is 58.3 Å². The van der Waals surface area contributed by atoms with Gasteiger partial charge in [-0.05, 0) is 24.3 Å². The third kappa shape index (κ3) is 6.23. The van der Waals surface area contributed by atoms with Gasteiger partial charge >= 0.3 is 0 Å². The van der Waals surface area contributed by atoms with Crippen molar-refractivity contribution < 1.29 is 0 Å². The molecule has 0 aliphatic carbocycles. The molecule has 0 spiro atoms. The molecule has 0 atom stereocenters. The highest BCUT2D eigenvalue weighted by molar-refractivity contribution is 8.17. The average Bonchev–Trinajstić information content (AvgIpc) is 2.25. The molecule has 84 valence electrons. The fourth-order valence-corrected chi connectivity index (χ4v) is 4.75. The predicted molar refractivity (Wildman–Crippen MR) is 71.3 cm³/mol. The van der Waals surface area contributed by atoms with Crippen molar-refractivity contribution in [3.63, 3.8) is 0 Å². The Morgan fingerprint density at radius 1 is 0.929 bits per heavy atom. The van der Waals surface area contributed by atoms with Crippen molar-refractivity contribution in [2.45, 2.75) is 62.9 Å². The molecule has 0 aromatic carbocycles. The Balaban J connectivity index is 1.82. The lowest BCUT2D eigenvalue weighted by molar-refractivity contribution is 0.600. The molecule has 1 aliphatic heterocycles. The first-order valence-electron chi connectivity index (χ1n) is 6.16. The van der Waals surface area contributed by atoms with Gasteiger partial charge in [0, 0.05) is 0 Å². The van der Waals surface area contributed by atoms with Crippen LogP contribution < -0.4 is 0 Å². The molecule has 0 aromatic heterocycles. The Kier molecular flexibility index (Phi) is 8.18. The fourth-order valence-electron chi connectivity index (χ4n) is 1.79. The zero-order valence-electron chi connectivity index (χ0n) is 9.46. The SMILES string of the molecule is CCCCCCCCC1SCCCS1. The van der Waals surface area contributed by atoms with E-state index in [2.05, 4.69) is 30.4 Å². The van der Waals surface area contributed by atoms with E-state index in [9.17, 15) is 0 Å². The van der Waals surface area contributed by atoms with Gasteiger partial charge in [0.2, 0.25) is 0 Å². The fraction of sp³-hybridized carbons (Fsp3) is 1.00. The summed E-state index contributed by atoms with van der Waals surface area (Å²) in [6, 6.07) is 0. The smallest absolute Gasteiger partial charge is 0.0502 e. The van der Waals surface area contributed by atoms with E-state index in [-0.39, 0.29) is 0 Å². The maximum atomic E-state index is 2.29. The Hall–Kier alpha value is 0.700. The van der Waals surface area contributed by atoms with Crippen LogP contribution in [0.5, 0.6) is 0 Å². The predicted octanol–water partition coefficient (Wildman–Crippen LogP) is 4.93. The largest absolute Gasteiger partial charge is 0.148 e. The third-order valence-corrected chi connectivity index (χ3v) is 5.77. The first-order chi connectivity index (χ1) is 6.93. The van der Waals surface area contributed by atoms with Crippen LogP contribution in [0.4, 0.5) is 0 Å². The highest BCUT2D eigenvalue weighted by Crippen LogP contribution is 2.34. The Morgan fingerprint density at radius 3 is 2.29 bits per heavy atom. The summed E-state index contributed by atoms with van der Waals surface area (Å²) in [6.45, 7) is 2.29. The molecule has 0 nitrogen and oxygen atoms in total. The standard InChI is InChI=1S/C12H24S2/c1-2-3-4-5-6-7-9-12-13-10-8-11-14-12/h12H,2-11H2,1H3. The summed E-state index contributed by atoms with van der Waals surface area (Å²) in [5.74, 6) is 2.82. The van der Waals surface area contributed by atoms with E-state index in [4.69, 9.17) is 0 Å². The van der Waals surface area contributed by atoms with E-state index in [1.165, 1.54) is 62.9 Å². The van der Waals surface area contributed by atoms with Crippen molar-refractivity contribution in [2.24, 2.45) is 0 Å². The summed E-state index contributed by atoms with van der Waals surface area (Å²) in [6.07, 6.45) is 11.6. The summed E-state index contributed by atoms with van der Waals surface area (Å²) in [5.41, 5.74) is 0. The van der Waals surface area contributed by atoms with E-state index in [1.54, 1.807) is 0 Å². The van der Waals surface area contributed by atoms with E-state index in [0.29, 0.717) is 0 Å². The van der Waals surface area contributed by atoms with Crippen LogP contribution in [0.3, 0.4) is 0 Å². The summed E-state index contributed by atoms with van der Waals surface area (Å²) >= 11 is 4.39. The Bertz CT molecular complexity index is 119. The number of thioether (sulfide) groups is 2. The Labute approximate surface area is 98.0 Å². The molecule has 0 amide bonds. The van der Waals surface area contributed by atoms with Crippen molar-refractivity contribution in [3.8, 4) is 0 Å². The molecule has 1 rings (SSSR count). The van der Waals surface area contributed by atoms with Crippen molar-refractivity contribution in [1.82, 2.24) is 0 Å². The van der Waals surface area contributed by atoms with E-state index in [0.717, 1.165) is 4.58 Å². The van der Waals surface area contributed by atoms with Crippen LogP contribution in [0.25, 0.3) is 0 Å². The molecule has 2 heteroatoms. The first-order valence-corrected chi connectivity index (χ1v) is 8.26.